The van der Waals surface area contributed by atoms with E-state index in [1.807, 2.05) is 0 Å². The summed E-state index contributed by atoms with van der Waals surface area (Å²) in [6.07, 6.45) is 1.30. The van der Waals surface area contributed by atoms with Crippen molar-refractivity contribution in [2.75, 3.05) is 24.4 Å². The summed E-state index contributed by atoms with van der Waals surface area (Å²) in [6.45, 7) is -0.261. The zero-order valence-electron chi connectivity index (χ0n) is 18.4. The summed E-state index contributed by atoms with van der Waals surface area (Å²) in [4.78, 5) is 36.3. The molecule has 3 N–H and O–H groups in total. The van der Waals surface area contributed by atoms with Gasteiger partial charge in [0.15, 0.2) is 6.61 Å². The molecule has 180 valence electrons. The maximum absolute atomic E-state index is 12.2. The van der Waals surface area contributed by atoms with Gasteiger partial charge in [-0.1, -0.05) is 33.6 Å². The first-order valence-electron chi connectivity index (χ1n) is 10.1. The second kappa shape index (κ2) is 12.5. The van der Waals surface area contributed by atoms with Crippen LogP contribution in [0.5, 0.6) is 11.5 Å². The van der Waals surface area contributed by atoms with Gasteiger partial charge < -0.3 is 20.1 Å². The predicted molar refractivity (Wildman–Crippen MR) is 137 cm³/mol. The molecule has 0 unspecified atom stereocenters. The fourth-order valence-corrected chi connectivity index (χ4v) is 3.30. The first-order valence-corrected chi connectivity index (χ1v) is 11.3. The third-order valence-corrected chi connectivity index (χ3v) is 5.09. The van der Waals surface area contributed by atoms with Crippen LogP contribution in [-0.4, -0.2) is 37.7 Å². The molecule has 3 amide bonds. The Balaban J connectivity index is 1.56. The summed E-state index contributed by atoms with van der Waals surface area (Å²) >= 11 is 9.21. The van der Waals surface area contributed by atoms with Crippen molar-refractivity contribution in [3.8, 4) is 11.5 Å². The number of halogens is 2. The molecule has 0 aromatic heterocycles. The fourth-order valence-electron chi connectivity index (χ4n) is 2.73. The van der Waals surface area contributed by atoms with E-state index in [-0.39, 0.29) is 12.5 Å². The molecule has 35 heavy (non-hydrogen) atoms. The largest absolute Gasteiger partial charge is 0.497 e. The molecule has 0 saturated carbocycles. The Morgan fingerprint density at radius 3 is 2.46 bits per heavy atom. The lowest BCUT2D eigenvalue weighted by Gasteiger charge is -2.10. The van der Waals surface area contributed by atoms with E-state index < -0.39 is 11.8 Å². The zero-order chi connectivity index (χ0) is 25.2. The molecule has 0 radical (unpaired) electrons. The van der Waals surface area contributed by atoms with Crippen molar-refractivity contribution in [1.82, 2.24) is 5.43 Å². The van der Waals surface area contributed by atoms with Gasteiger partial charge in [0.2, 0.25) is 0 Å². The number of hydrazone groups is 1. The van der Waals surface area contributed by atoms with Crippen molar-refractivity contribution >= 4 is 62.8 Å². The Bertz CT molecular complexity index is 1250. The molecule has 0 aliphatic rings. The monoisotopic (exact) mass is 558 g/mol. The number of nitrogens with zero attached hydrogens (tertiary/aromatic N) is 1. The van der Waals surface area contributed by atoms with Gasteiger partial charge in [-0.05, 0) is 60.7 Å². The minimum atomic E-state index is -0.974. The highest BCUT2D eigenvalue weighted by Crippen LogP contribution is 2.22. The van der Waals surface area contributed by atoms with Gasteiger partial charge in [0.1, 0.15) is 11.5 Å². The molecule has 3 aromatic rings. The van der Waals surface area contributed by atoms with Crippen molar-refractivity contribution in [3.63, 3.8) is 0 Å². The van der Waals surface area contributed by atoms with Gasteiger partial charge in [-0.25, -0.2) is 5.43 Å². The van der Waals surface area contributed by atoms with Crippen molar-refractivity contribution in [2.45, 2.75) is 0 Å². The van der Waals surface area contributed by atoms with E-state index in [0.29, 0.717) is 33.5 Å². The molecule has 0 saturated heterocycles. The van der Waals surface area contributed by atoms with E-state index in [1.165, 1.54) is 12.3 Å². The van der Waals surface area contributed by atoms with E-state index in [9.17, 15) is 14.4 Å². The van der Waals surface area contributed by atoms with Crippen LogP contribution in [0.3, 0.4) is 0 Å². The molecule has 0 spiro atoms. The van der Waals surface area contributed by atoms with E-state index in [2.05, 4.69) is 37.1 Å². The Hall–Kier alpha value is -3.89. The van der Waals surface area contributed by atoms with Crippen LogP contribution >= 0.6 is 27.5 Å². The summed E-state index contributed by atoms with van der Waals surface area (Å²) in [5.74, 6) is -1.23. The molecule has 3 rings (SSSR count). The highest BCUT2D eigenvalue weighted by Gasteiger charge is 2.13. The summed E-state index contributed by atoms with van der Waals surface area (Å²) in [7, 11) is 1.56. The Morgan fingerprint density at radius 1 is 0.971 bits per heavy atom. The van der Waals surface area contributed by atoms with E-state index in [0.717, 1.165) is 4.47 Å². The van der Waals surface area contributed by atoms with Gasteiger partial charge in [-0.15, -0.1) is 0 Å². The number of hydrogen-bond acceptors (Lipinski definition) is 6. The molecule has 0 fully saturated rings. The van der Waals surface area contributed by atoms with E-state index in [1.54, 1.807) is 67.8 Å². The number of ether oxygens (including phenoxy) is 2. The summed E-state index contributed by atoms with van der Waals surface area (Å²) in [5.41, 5.74) is 3.58. The second-order valence-corrected chi connectivity index (χ2v) is 8.26. The zero-order valence-corrected chi connectivity index (χ0v) is 20.7. The van der Waals surface area contributed by atoms with Crippen LogP contribution in [-0.2, 0) is 14.4 Å². The van der Waals surface area contributed by atoms with Crippen LogP contribution in [0.25, 0.3) is 0 Å². The average Bonchev–Trinajstić information content (AvgIpc) is 2.84. The predicted octanol–water partition coefficient (Wildman–Crippen LogP) is 4.22. The van der Waals surface area contributed by atoms with Gasteiger partial charge in [0.05, 0.1) is 13.3 Å². The molecule has 11 heteroatoms. The van der Waals surface area contributed by atoms with Gasteiger partial charge >= 0.3 is 11.8 Å². The number of anilines is 2. The van der Waals surface area contributed by atoms with Crippen LogP contribution in [0.15, 0.2) is 76.3 Å². The van der Waals surface area contributed by atoms with Crippen LogP contribution in [0, 0.1) is 0 Å². The molecule has 9 nitrogen and oxygen atoms in total. The van der Waals surface area contributed by atoms with Crippen molar-refractivity contribution < 1.29 is 23.9 Å². The minimum absolute atomic E-state index is 0.261. The number of amides is 3. The Labute approximate surface area is 214 Å². The van der Waals surface area contributed by atoms with Crippen LogP contribution in [0.4, 0.5) is 11.4 Å². The third kappa shape index (κ3) is 8.13. The maximum Gasteiger partial charge on any atom is 0.329 e. The molecule has 0 heterocycles. The number of benzene rings is 3. The lowest BCUT2D eigenvalue weighted by atomic mass is 10.2. The highest BCUT2D eigenvalue weighted by atomic mass is 79.9. The number of carbonyl (C=O) groups excluding carboxylic acids is 3. The van der Waals surface area contributed by atoms with Crippen molar-refractivity contribution in [2.24, 2.45) is 5.10 Å². The highest BCUT2D eigenvalue weighted by molar-refractivity contribution is 9.10. The normalized spacial score (nSPS) is 10.5. The molecule has 0 atom stereocenters. The smallest absolute Gasteiger partial charge is 0.329 e. The number of rotatable bonds is 8. The van der Waals surface area contributed by atoms with Gasteiger partial charge in [0.25, 0.3) is 5.91 Å². The minimum Gasteiger partial charge on any atom is -0.497 e. The lowest BCUT2D eigenvalue weighted by Crippen LogP contribution is -2.32. The molecule has 3 aromatic carbocycles. The van der Waals surface area contributed by atoms with Crippen molar-refractivity contribution in [1.29, 1.82) is 0 Å². The average molecular weight is 560 g/mol. The van der Waals surface area contributed by atoms with Crippen LogP contribution in [0.1, 0.15) is 5.56 Å². The van der Waals surface area contributed by atoms with Crippen LogP contribution < -0.4 is 25.5 Å². The number of hydrogen-bond donors (Lipinski definition) is 3. The number of methoxy groups -OCH3 is 1. The van der Waals surface area contributed by atoms with Gasteiger partial charge in [-0.3, -0.25) is 14.4 Å². The Kier molecular flexibility index (Phi) is 9.22. The number of nitrogens with one attached hydrogen (secondary N) is 3. The van der Waals surface area contributed by atoms with Gasteiger partial charge in [-0.2, -0.15) is 5.10 Å². The quantitative estimate of drug-likeness (QED) is 0.217. The van der Waals surface area contributed by atoms with Crippen LogP contribution in [0.2, 0.25) is 5.02 Å². The summed E-state index contributed by atoms with van der Waals surface area (Å²) in [5, 5.41) is 9.36. The first-order chi connectivity index (χ1) is 16.8. The standard InChI is InChI=1S/C24H20BrClN4O5/c1-34-20-8-6-18(7-9-20)28-22(31)14-35-21-10-5-16(25)11-15(21)13-27-30-24(33)23(32)29-19-4-2-3-17(26)12-19/h2-13H,14H2,1H3,(H,28,31)(H,29,32)(H,30,33)/b27-13-. The summed E-state index contributed by atoms with van der Waals surface area (Å²) in [6, 6.07) is 18.3. The second-order valence-electron chi connectivity index (χ2n) is 6.91. The number of carbonyl (C=O) groups is 3. The molecule has 0 bridgehead atoms. The molecule has 0 aliphatic carbocycles. The molecular formula is C24H20BrClN4O5. The Morgan fingerprint density at radius 2 is 1.74 bits per heavy atom. The topological polar surface area (TPSA) is 118 Å². The fraction of sp³-hybridized carbons (Fsp3) is 0.0833. The van der Waals surface area contributed by atoms with E-state index in [4.69, 9.17) is 21.1 Å². The molecular weight excluding hydrogens is 540 g/mol. The molecule has 0 aliphatic heterocycles. The maximum atomic E-state index is 12.2. The van der Waals surface area contributed by atoms with E-state index >= 15 is 0 Å². The van der Waals surface area contributed by atoms with Gasteiger partial charge in [0, 0.05) is 26.4 Å². The summed E-state index contributed by atoms with van der Waals surface area (Å²) < 4.78 is 11.4. The SMILES string of the molecule is COc1ccc(NC(=O)COc2ccc(Br)cc2/C=N\NC(=O)C(=O)Nc2cccc(Cl)c2)cc1. The first kappa shape index (κ1) is 25.7. The third-order valence-electron chi connectivity index (χ3n) is 4.36. The van der Waals surface area contributed by atoms with Crippen molar-refractivity contribution in [3.05, 3.63) is 81.8 Å². The lowest BCUT2D eigenvalue weighted by molar-refractivity contribution is -0.136.